The monoisotopic (exact) mass is 328 g/mol. The molecule has 0 radical (unpaired) electrons. The minimum absolute atomic E-state index is 0.125. The molecule has 2 aliphatic rings. The van der Waals surface area contributed by atoms with Crippen molar-refractivity contribution in [2.24, 2.45) is 5.92 Å². The molecule has 0 aromatic heterocycles. The number of carbonyl (C=O) groups is 4. The van der Waals surface area contributed by atoms with Crippen LogP contribution >= 0.6 is 0 Å². The van der Waals surface area contributed by atoms with E-state index in [4.69, 9.17) is 18.9 Å². The predicted molar refractivity (Wildman–Crippen MR) is 74.1 cm³/mol. The molecule has 2 fully saturated rings. The lowest BCUT2D eigenvalue weighted by Gasteiger charge is -2.40. The number of hydrogen-bond acceptors (Lipinski definition) is 8. The Morgan fingerprint density at radius 1 is 0.783 bits per heavy atom. The third-order valence-corrected chi connectivity index (χ3v) is 3.98. The maximum atomic E-state index is 11.8. The summed E-state index contributed by atoms with van der Waals surface area (Å²) in [6.07, 6.45) is -3.94. The van der Waals surface area contributed by atoms with Crippen molar-refractivity contribution in [3.05, 3.63) is 0 Å². The molecule has 0 N–H and O–H groups in total. The van der Waals surface area contributed by atoms with E-state index in [2.05, 4.69) is 0 Å². The molecule has 0 saturated carbocycles. The Balaban J connectivity index is 2.38. The second-order valence-corrected chi connectivity index (χ2v) is 5.81. The van der Waals surface area contributed by atoms with E-state index in [9.17, 15) is 19.2 Å². The van der Waals surface area contributed by atoms with E-state index in [1.807, 2.05) is 0 Å². The summed E-state index contributed by atoms with van der Waals surface area (Å²) in [6, 6.07) is 0. The number of ketones is 1. The van der Waals surface area contributed by atoms with E-state index in [-0.39, 0.29) is 5.78 Å². The van der Waals surface area contributed by atoms with Crippen LogP contribution in [0, 0.1) is 5.92 Å². The molecule has 2 aliphatic heterocycles. The number of rotatable bonds is 4. The highest BCUT2D eigenvalue weighted by Crippen LogP contribution is 2.41. The molecule has 8 nitrogen and oxygen atoms in total. The van der Waals surface area contributed by atoms with Crippen molar-refractivity contribution in [2.45, 2.75) is 64.6 Å². The van der Waals surface area contributed by atoms with Gasteiger partial charge in [0.25, 0.3) is 0 Å². The normalized spacial score (nSPS) is 35.3. The average molecular weight is 328 g/mol. The zero-order valence-electron chi connectivity index (χ0n) is 13.4. The summed E-state index contributed by atoms with van der Waals surface area (Å²) in [6.45, 7) is 5.04. The molecule has 0 aliphatic carbocycles. The first-order valence-electron chi connectivity index (χ1n) is 7.38. The van der Waals surface area contributed by atoms with E-state index in [1.54, 1.807) is 0 Å². The second-order valence-electron chi connectivity index (χ2n) is 5.81. The number of ether oxygens (including phenoxy) is 4. The lowest BCUT2D eigenvalue weighted by molar-refractivity contribution is -0.232. The van der Waals surface area contributed by atoms with E-state index in [0.29, 0.717) is 6.42 Å². The van der Waals surface area contributed by atoms with Gasteiger partial charge in [-0.2, -0.15) is 0 Å². The number of Topliss-reactive ketones (excluding diaryl/α,β-unsaturated/α-hetero) is 1. The van der Waals surface area contributed by atoms with Gasteiger partial charge in [0.15, 0.2) is 18.3 Å². The van der Waals surface area contributed by atoms with E-state index < -0.39 is 54.3 Å². The number of carbonyl (C=O) groups excluding carboxylic acids is 4. The van der Waals surface area contributed by atoms with Gasteiger partial charge < -0.3 is 18.9 Å². The van der Waals surface area contributed by atoms with Crippen molar-refractivity contribution in [1.29, 1.82) is 0 Å². The SMILES string of the molecule is CC(=O)O[C@@H]1[C@@H](OC(C)=O)[C@H](OC(C)=O)[C@H]2C[C@H](C(C)=O)[C@@H]1O2. The van der Waals surface area contributed by atoms with Crippen molar-refractivity contribution in [2.75, 3.05) is 0 Å². The molecule has 2 saturated heterocycles. The Kier molecular flexibility index (Phi) is 5.03. The van der Waals surface area contributed by atoms with Gasteiger partial charge in [-0.3, -0.25) is 19.2 Å². The van der Waals surface area contributed by atoms with Crippen molar-refractivity contribution < 1.29 is 38.1 Å². The maximum Gasteiger partial charge on any atom is 0.303 e. The van der Waals surface area contributed by atoms with Crippen LogP contribution < -0.4 is 0 Å². The van der Waals surface area contributed by atoms with Gasteiger partial charge in [-0.15, -0.1) is 0 Å². The number of esters is 3. The van der Waals surface area contributed by atoms with E-state index in [0.717, 1.165) is 0 Å². The largest absolute Gasteiger partial charge is 0.456 e. The van der Waals surface area contributed by atoms with Crippen molar-refractivity contribution >= 4 is 23.7 Å². The Morgan fingerprint density at radius 2 is 1.26 bits per heavy atom. The lowest BCUT2D eigenvalue weighted by atomic mass is 9.93. The van der Waals surface area contributed by atoms with Crippen LogP contribution in [0.25, 0.3) is 0 Å². The first-order chi connectivity index (χ1) is 10.7. The molecule has 0 unspecified atom stereocenters. The fourth-order valence-electron chi connectivity index (χ4n) is 3.22. The smallest absolute Gasteiger partial charge is 0.303 e. The summed E-state index contributed by atoms with van der Waals surface area (Å²) < 4.78 is 21.5. The Bertz CT molecular complexity index is 512. The molecule has 0 spiro atoms. The molecular formula is C15H20O8. The summed E-state index contributed by atoms with van der Waals surface area (Å²) in [5.41, 5.74) is 0. The molecule has 0 amide bonds. The van der Waals surface area contributed by atoms with Gasteiger partial charge in [0, 0.05) is 20.8 Å². The highest BCUT2D eigenvalue weighted by molar-refractivity contribution is 5.79. The molecule has 2 rings (SSSR count). The molecule has 128 valence electrons. The lowest BCUT2D eigenvalue weighted by Crippen LogP contribution is -2.58. The summed E-state index contributed by atoms with van der Waals surface area (Å²) >= 11 is 0. The van der Waals surface area contributed by atoms with Crippen LogP contribution in [0.15, 0.2) is 0 Å². The average Bonchev–Trinajstić information content (AvgIpc) is 2.79. The van der Waals surface area contributed by atoms with Gasteiger partial charge in [0.1, 0.15) is 11.9 Å². The minimum atomic E-state index is -1.01. The predicted octanol–water partition coefficient (Wildman–Crippen LogP) is 0.158. The number of hydrogen-bond donors (Lipinski definition) is 0. The summed E-state index contributed by atoms with van der Waals surface area (Å²) in [5.74, 6) is -2.43. The fraction of sp³-hybridized carbons (Fsp3) is 0.733. The Hall–Kier alpha value is -1.96. The van der Waals surface area contributed by atoms with Crippen LogP contribution in [0.4, 0.5) is 0 Å². The summed E-state index contributed by atoms with van der Waals surface area (Å²) in [7, 11) is 0. The van der Waals surface area contributed by atoms with Crippen LogP contribution in [0.2, 0.25) is 0 Å². The van der Waals surface area contributed by atoms with Crippen molar-refractivity contribution in [1.82, 2.24) is 0 Å². The highest BCUT2D eigenvalue weighted by Gasteiger charge is 2.59. The molecule has 0 aromatic rings. The third-order valence-electron chi connectivity index (χ3n) is 3.98. The molecular weight excluding hydrogens is 308 g/mol. The van der Waals surface area contributed by atoms with Gasteiger partial charge in [-0.05, 0) is 13.3 Å². The van der Waals surface area contributed by atoms with Crippen molar-refractivity contribution in [3.8, 4) is 0 Å². The first kappa shape index (κ1) is 17.4. The van der Waals surface area contributed by atoms with Crippen LogP contribution in [0.5, 0.6) is 0 Å². The quantitative estimate of drug-likeness (QED) is 0.531. The van der Waals surface area contributed by atoms with Crippen LogP contribution in [-0.2, 0) is 38.1 Å². The topological polar surface area (TPSA) is 105 Å². The van der Waals surface area contributed by atoms with Gasteiger partial charge in [-0.25, -0.2) is 0 Å². The van der Waals surface area contributed by atoms with E-state index >= 15 is 0 Å². The zero-order chi connectivity index (χ0) is 17.3. The van der Waals surface area contributed by atoms with Crippen LogP contribution in [0.3, 0.4) is 0 Å². The molecule has 2 bridgehead atoms. The molecule has 8 heteroatoms. The Labute approximate surface area is 133 Å². The van der Waals surface area contributed by atoms with Crippen LogP contribution in [-0.4, -0.2) is 54.2 Å². The number of fused-ring (bicyclic) bond motifs is 2. The van der Waals surface area contributed by atoms with Gasteiger partial charge in [0.05, 0.1) is 12.0 Å². The third kappa shape index (κ3) is 3.69. The van der Waals surface area contributed by atoms with Crippen LogP contribution in [0.1, 0.15) is 34.1 Å². The first-order valence-corrected chi connectivity index (χ1v) is 7.38. The maximum absolute atomic E-state index is 11.8. The molecule has 2 heterocycles. The molecule has 0 aromatic carbocycles. The van der Waals surface area contributed by atoms with Gasteiger partial charge in [-0.1, -0.05) is 0 Å². The highest BCUT2D eigenvalue weighted by atomic mass is 16.6. The van der Waals surface area contributed by atoms with E-state index in [1.165, 1.54) is 27.7 Å². The van der Waals surface area contributed by atoms with Gasteiger partial charge >= 0.3 is 17.9 Å². The second kappa shape index (κ2) is 6.66. The fourth-order valence-corrected chi connectivity index (χ4v) is 3.22. The standard InChI is InChI=1S/C15H20O8/c1-6(16)10-5-11-13(20-7(2)17)15(22-9(4)19)14(12(10)23-11)21-8(3)18/h10-15H,5H2,1-4H3/t10-,11-,12+,13-,14+,15+/m1/s1. The molecule has 6 atom stereocenters. The minimum Gasteiger partial charge on any atom is -0.456 e. The molecule has 23 heavy (non-hydrogen) atoms. The Morgan fingerprint density at radius 3 is 1.74 bits per heavy atom. The summed E-state index contributed by atoms with van der Waals surface area (Å²) in [5, 5.41) is 0. The zero-order valence-corrected chi connectivity index (χ0v) is 13.4. The summed E-state index contributed by atoms with van der Waals surface area (Å²) in [4.78, 5) is 46.0. The van der Waals surface area contributed by atoms with Crippen molar-refractivity contribution in [3.63, 3.8) is 0 Å². The van der Waals surface area contributed by atoms with Gasteiger partial charge in [0.2, 0.25) is 0 Å².